The van der Waals surface area contributed by atoms with E-state index in [0.717, 1.165) is 224 Å². The molecule has 0 amide bonds. The zero-order chi connectivity index (χ0) is 99.3. The quantitative estimate of drug-likeness (QED) is 0.0232. The summed E-state index contributed by atoms with van der Waals surface area (Å²) < 4.78 is 92.4. The number of methoxy groups -OCH3 is 1. The molecule has 140 heavy (non-hydrogen) atoms. The molecule has 752 valence electrons. The number of ether oxygens (including phenoxy) is 2. The summed E-state index contributed by atoms with van der Waals surface area (Å²) in [7, 11) is 1.80. The number of hydrogen-bond donors (Lipinski definition) is 7. The summed E-state index contributed by atoms with van der Waals surface area (Å²) in [6.07, 6.45) is 29.9. The van der Waals surface area contributed by atoms with Gasteiger partial charge in [-0.1, -0.05) is 99.6 Å². The molecule has 0 radical (unpaired) electrons. The maximum Gasteiger partial charge on any atom is 0.304 e. The molecule has 6 aromatic rings. The third kappa shape index (κ3) is 17.1. The van der Waals surface area contributed by atoms with Crippen LogP contribution in [0.2, 0.25) is 0 Å². The number of hydrogen-bond acceptors (Lipinski definition) is 10. The van der Waals surface area contributed by atoms with Crippen LogP contribution in [0.25, 0.3) is 0 Å². The lowest BCUT2D eigenvalue weighted by Gasteiger charge is -2.66. The molecule has 30 rings (SSSR count). The van der Waals surface area contributed by atoms with Gasteiger partial charge in [-0.05, 0) is 429 Å². The van der Waals surface area contributed by atoms with Gasteiger partial charge in [-0.3, -0.25) is 33.6 Å². The molecule has 0 heterocycles. The van der Waals surface area contributed by atoms with Crippen LogP contribution in [-0.4, -0.2) is 108 Å². The second-order valence-corrected chi connectivity index (χ2v) is 49.0. The lowest BCUT2D eigenvalue weighted by Crippen LogP contribution is -2.64. The third-order valence-electron chi connectivity index (χ3n) is 43.0. The highest BCUT2D eigenvalue weighted by Gasteiger charge is 2.71. The van der Waals surface area contributed by atoms with E-state index in [9.17, 15) is 95.6 Å². The maximum absolute atomic E-state index is 13.5. The summed E-state index contributed by atoms with van der Waals surface area (Å²) in [6, 6.07) is 39.3. The van der Waals surface area contributed by atoms with E-state index in [2.05, 4.69) is 27.4 Å². The summed E-state index contributed by atoms with van der Waals surface area (Å²) in [5, 5.41) is 68.4. The van der Waals surface area contributed by atoms with Gasteiger partial charge in [0, 0.05) is 45.0 Å². The van der Waals surface area contributed by atoms with Gasteiger partial charge in [-0.25, -0.2) is 26.3 Å². The van der Waals surface area contributed by atoms with Crippen molar-refractivity contribution >= 4 is 41.6 Å². The van der Waals surface area contributed by atoms with Crippen LogP contribution in [0.3, 0.4) is 0 Å². The van der Waals surface area contributed by atoms with Crippen LogP contribution in [-0.2, 0) is 75.5 Å². The molecule has 6 aromatic carbocycles. The number of carboxylic acids is 6. The molecule has 0 spiro atoms. The van der Waals surface area contributed by atoms with Crippen molar-refractivity contribution in [1.29, 1.82) is 0 Å². The fourth-order valence-electron chi connectivity index (χ4n) is 37.4. The largest absolute Gasteiger partial charge is 0.481 e. The van der Waals surface area contributed by atoms with Crippen molar-refractivity contribution in [3.8, 4) is 0 Å². The van der Waals surface area contributed by atoms with Crippen molar-refractivity contribution in [3.63, 3.8) is 0 Å². The topological polar surface area (TPSA) is 280 Å². The van der Waals surface area contributed by atoms with Gasteiger partial charge in [-0.2, -0.15) is 0 Å². The number of rotatable bonds is 23. The smallest absolute Gasteiger partial charge is 0.304 e. The fraction of sp³-hybridized carbons (Fsp3) is 0.619. The third-order valence-corrected chi connectivity index (χ3v) is 43.0. The minimum Gasteiger partial charge on any atom is -0.481 e. The first kappa shape index (κ1) is 99.7. The van der Waals surface area contributed by atoms with Crippen molar-refractivity contribution in [3.05, 3.63) is 227 Å². The number of carboxylic acid groups (broad SMARTS) is 6. The van der Waals surface area contributed by atoms with Gasteiger partial charge in [-0.15, -0.1) is 6.58 Å². The number of benzene rings is 6. The summed E-state index contributed by atoms with van der Waals surface area (Å²) in [5.41, 5.74) is 3.22. The van der Waals surface area contributed by atoms with E-state index in [0.29, 0.717) is 77.1 Å². The minimum absolute atomic E-state index is 0.0570. The van der Waals surface area contributed by atoms with Crippen molar-refractivity contribution in [1.82, 2.24) is 0 Å². The number of aliphatic hydroxyl groups is 1. The van der Waals surface area contributed by atoms with Crippen molar-refractivity contribution in [2.45, 2.75) is 296 Å². The Morgan fingerprint density at radius 3 is 0.779 bits per heavy atom. The lowest BCUT2D eigenvalue weighted by molar-refractivity contribution is -0.195. The highest BCUT2D eigenvalue weighted by molar-refractivity contribution is 5.83. The summed E-state index contributed by atoms with van der Waals surface area (Å²) in [5.74, 6) is 4.11. The maximum atomic E-state index is 13.5. The summed E-state index contributed by atoms with van der Waals surface area (Å²) in [6.45, 7) is 15.1. The Morgan fingerprint density at radius 2 is 0.536 bits per heavy atom. The van der Waals surface area contributed by atoms with Crippen LogP contribution < -0.4 is 0 Å². The van der Waals surface area contributed by atoms with E-state index < -0.39 is 57.7 Å². The van der Waals surface area contributed by atoms with Crippen LogP contribution in [0.15, 0.2) is 158 Å². The van der Waals surface area contributed by atoms with E-state index in [1.807, 2.05) is 31.2 Å². The van der Waals surface area contributed by atoms with Crippen molar-refractivity contribution in [2.75, 3.05) is 13.7 Å². The highest BCUT2D eigenvalue weighted by Crippen LogP contribution is 2.75. The van der Waals surface area contributed by atoms with Gasteiger partial charge in [0.15, 0.2) is 0 Å². The minimum atomic E-state index is -0.802. The Hall–Kier alpha value is -8.99. The standard InChI is InChI=1S/C21H25FO3.C20H23FO3.C20H25FO2.2C19H23FO3.C19H23FO2/c1-2-7-25-20-10-14-8-16(11-20)21(13-19(23)24,17(9-14)12-20)15-3-5-18(22)6-4-15;1-12(22)19-8-13-6-15(9-19)20(11-18(23)24,16(7-13)10-19)14-2-4-17(21)5-3-14;1-19(2)13-7-15-9-14(19)10-16(8-13)20(15,11-18(22)23)12-3-5-17(21)6-4-12;1-23-18-8-12-6-14(9-18)19(11-17(21)22,15(7-12)10-18)13-2-4-16(20)5-3-13;1-18(23)12-6-14-8-13(18)9-15(7-12)19(14,10-17(21)22)11-2-4-16(20)5-3-11;1-11-12-6-15-8-13(11)9-16(7-12)19(15,10-18(21)22)14-2-4-17(20)5-3-14/h2-6,14,16-17H,1,7-13H2,(H,23,24);2-5,13,15-16H,6-11H2,1H3,(H,23,24);3-6,13-16H,7-11H2,1-2H3,(H,22,23);2-5,12,14-15H,6-11H2,1H3,(H,21,22);2-5,12-15,23H,6-10H2,1H3,(H,21,22);2-5,11-13,15-16H,6-10H2,1H3,(H,21,22). The van der Waals surface area contributed by atoms with Gasteiger partial charge in [0.2, 0.25) is 0 Å². The van der Waals surface area contributed by atoms with Gasteiger partial charge in [0.05, 0.1) is 61.9 Å². The van der Waals surface area contributed by atoms with E-state index in [-0.39, 0.29) is 159 Å². The van der Waals surface area contributed by atoms with Crippen LogP contribution >= 0.6 is 0 Å². The predicted molar refractivity (Wildman–Crippen MR) is 515 cm³/mol. The average Bonchev–Trinajstić information content (AvgIpc) is 0.697. The predicted octanol–water partition coefficient (Wildman–Crippen LogP) is 24.3. The average molecular weight is 1930 g/mol. The van der Waals surface area contributed by atoms with Crippen molar-refractivity contribution < 1.29 is 105 Å². The molecular formula is C118H142F6O16. The molecule has 0 saturated heterocycles. The van der Waals surface area contributed by atoms with E-state index >= 15 is 0 Å². The molecular weight excluding hydrogens is 1790 g/mol. The zero-order valence-electron chi connectivity index (χ0n) is 82.0. The second-order valence-electron chi connectivity index (χ2n) is 49.0. The molecule has 22 heteroatoms. The molecule has 24 saturated carbocycles. The first-order valence-electron chi connectivity index (χ1n) is 52.4. The van der Waals surface area contributed by atoms with Crippen LogP contribution in [0.4, 0.5) is 26.3 Å². The van der Waals surface area contributed by atoms with Gasteiger partial charge in [0.1, 0.15) is 40.7 Å². The Morgan fingerprint density at radius 1 is 0.314 bits per heavy atom. The first-order chi connectivity index (χ1) is 66.5. The monoisotopic (exact) mass is 1930 g/mol. The van der Waals surface area contributed by atoms with Crippen LogP contribution in [0, 0.1) is 176 Å². The van der Waals surface area contributed by atoms with Gasteiger partial charge in [0.25, 0.3) is 0 Å². The Balaban J connectivity index is 0.000000107. The van der Waals surface area contributed by atoms with Gasteiger partial charge >= 0.3 is 35.8 Å². The Bertz CT molecular complexity index is 5380. The number of halogens is 6. The first-order valence-corrected chi connectivity index (χ1v) is 52.4. The van der Waals surface area contributed by atoms with E-state index in [4.69, 9.17) is 9.47 Å². The molecule has 24 bridgehead atoms. The molecule has 16 nitrogen and oxygen atoms in total. The second kappa shape index (κ2) is 37.3. The van der Waals surface area contributed by atoms with Gasteiger partial charge < -0.3 is 45.2 Å². The number of carbonyl (C=O) groups excluding carboxylic acids is 1. The molecule has 24 aliphatic rings. The highest BCUT2D eigenvalue weighted by atomic mass is 19.1. The number of Topliss-reactive ketones (excluding diaryl/α,β-unsaturated/α-hetero) is 1. The molecule has 6 unspecified atom stereocenters. The Labute approximate surface area is 819 Å². The van der Waals surface area contributed by atoms with Crippen LogP contribution in [0.5, 0.6) is 0 Å². The number of carbonyl (C=O) groups is 7. The molecule has 6 atom stereocenters. The normalized spacial score (nSPS) is 41.1. The lowest BCUT2D eigenvalue weighted by atomic mass is 9.37. The summed E-state index contributed by atoms with van der Waals surface area (Å²) >= 11 is 0. The SMILES string of the molecule is C=CCOC12CC3CC(C1)C(CC(=O)O)(c1ccc(F)cc1)C(C3)C2.CC(=O)C12CC3CC(C1)C(CC(=O)O)(c1ccc(F)cc1)C(C3)C2.CC1(C)C2CC3CC1CC(C2)C3(CC(=O)O)c1ccc(F)cc1.CC1(O)C2CC3CC1CC(C2)C3(CC(=O)O)c1ccc(F)cc1.CC1C2CC3CC1CC(C2)C3(CC(=O)O)c1ccc(F)cc1.COC12CC3CC(C1)C(CC(=O)O)(c1ccc(F)cc1)C(C3)C2. The van der Waals surface area contributed by atoms with E-state index in [1.54, 1.807) is 68.6 Å². The zero-order valence-corrected chi connectivity index (χ0v) is 82.0. The summed E-state index contributed by atoms with van der Waals surface area (Å²) in [4.78, 5) is 82.5. The molecule has 0 aliphatic heterocycles. The fourth-order valence-corrected chi connectivity index (χ4v) is 37.4. The van der Waals surface area contributed by atoms with Crippen molar-refractivity contribution in [2.24, 2.45) is 141 Å². The molecule has 24 fully saturated rings. The molecule has 24 aliphatic carbocycles. The number of aliphatic carboxylic acids is 6. The number of ketones is 1. The van der Waals surface area contributed by atoms with Crippen LogP contribution in [0.1, 0.15) is 280 Å². The van der Waals surface area contributed by atoms with E-state index in [1.165, 1.54) is 72.8 Å². The molecule has 7 N–H and O–H groups in total. The molecule has 0 aromatic heterocycles. The Kier molecular flexibility index (Phi) is 26.5.